The van der Waals surface area contributed by atoms with Crippen LogP contribution in [0.3, 0.4) is 0 Å². The number of aromatic nitrogens is 2. The van der Waals surface area contributed by atoms with Crippen LogP contribution in [0.15, 0.2) is 10.8 Å². The van der Waals surface area contributed by atoms with E-state index < -0.39 is 21.2 Å². The molecule has 0 N–H and O–H groups in total. The monoisotopic (exact) mass is 786 g/mol. The molecule has 21 heteroatoms. The van der Waals surface area contributed by atoms with Crippen LogP contribution in [0.4, 0.5) is 11.4 Å². The van der Waals surface area contributed by atoms with Gasteiger partial charge >= 0.3 is 11.4 Å². The fourth-order valence-electron chi connectivity index (χ4n) is 6.33. The Labute approximate surface area is 304 Å². The summed E-state index contributed by atoms with van der Waals surface area (Å²) in [5, 5.41) is 30.0. The molecule has 0 bridgehead atoms. The fraction of sp³-hybridized carbons (Fsp3) is 0.267. The largest absolute Gasteiger partial charge is 0.485 e. The Bertz CT molecular complexity index is 2280. The lowest BCUT2D eigenvalue weighted by molar-refractivity contribution is -0.421. The summed E-state index contributed by atoms with van der Waals surface area (Å²) in [5.74, 6) is 3.34. The van der Waals surface area contributed by atoms with E-state index in [1.54, 1.807) is 0 Å². The number of benzene rings is 1. The highest BCUT2D eigenvalue weighted by Crippen LogP contribution is 2.64. The second-order valence-corrected chi connectivity index (χ2v) is 15.4. The smallest absolute Gasteiger partial charge is 0.357 e. The van der Waals surface area contributed by atoms with E-state index in [-0.39, 0.29) is 69.8 Å². The molecule has 16 nitrogen and oxygen atoms in total. The van der Waals surface area contributed by atoms with Crippen molar-refractivity contribution in [1.29, 1.82) is 0 Å². The predicted octanol–water partition coefficient (Wildman–Crippen LogP) is 7.51. The van der Waals surface area contributed by atoms with Crippen molar-refractivity contribution in [2.45, 2.75) is 0 Å². The first-order valence-electron chi connectivity index (χ1n) is 15.2. The number of hydrogen-bond donors (Lipinski definition) is 0. The van der Waals surface area contributed by atoms with Gasteiger partial charge in [-0.1, -0.05) is 0 Å². The third-order valence-corrected chi connectivity index (χ3v) is 13.4. The molecule has 6 aromatic rings. The van der Waals surface area contributed by atoms with E-state index in [1.165, 1.54) is 22.7 Å². The zero-order valence-electron chi connectivity index (χ0n) is 25.5. The van der Waals surface area contributed by atoms with Gasteiger partial charge in [0.25, 0.3) is 0 Å². The Morgan fingerprint density at radius 1 is 0.490 bits per heavy atom. The third-order valence-electron chi connectivity index (χ3n) is 8.29. The van der Waals surface area contributed by atoms with Crippen molar-refractivity contribution < 1.29 is 47.7 Å². The molecule has 0 fully saturated rings. The van der Waals surface area contributed by atoms with E-state index in [0.29, 0.717) is 80.4 Å². The first-order chi connectivity index (χ1) is 25.0. The Morgan fingerprint density at radius 2 is 0.843 bits per heavy atom. The average Bonchev–Trinajstić information content (AvgIpc) is 3.99. The van der Waals surface area contributed by atoms with Gasteiger partial charge in [0.2, 0.25) is 0 Å². The van der Waals surface area contributed by atoms with E-state index in [0.717, 1.165) is 34.4 Å². The van der Waals surface area contributed by atoms with Gasteiger partial charge < -0.3 is 37.9 Å². The number of hydrogen-bond acceptors (Lipinski definition) is 19. The number of nitro benzene ring substituents is 2. The average molecular weight is 787 g/mol. The Kier molecular flexibility index (Phi) is 7.13. The van der Waals surface area contributed by atoms with Crippen LogP contribution >= 0.6 is 57.1 Å². The van der Waals surface area contributed by atoms with Gasteiger partial charge in [0.1, 0.15) is 75.0 Å². The lowest BCUT2D eigenvalue weighted by Gasteiger charge is -2.19. The summed E-state index contributed by atoms with van der Waals surface area (Å²) in [7, 11) is 0. The molecule has 0 radical (unpaired) electrons. The van der Waals surface area contributed by atoms with Gasteiger partial charge in [-0.3, -0.25) is 20.2 Å². The summed E-state index contributed by atoms with van der Waals surface area (Å²) in [6, 6.07) is 0. The van der Waals surface area contributed by atoms with E-state index in [4.69, 9.17) is 37.9 Å². The number of ether oxygens (including phenoxy) is 8. The molecular weight excluding hydrogens is 769 g/mol. The van der Waals surface area contributed by atoms with Crippen LogP contribution in [0.1, 0.15) is 0 Å². The van der Waals surface area contributed by atoms with Crippen molar-refractivity contribution in [3.63, 3.8) is 0 Å². The van der Waals surface area contributed by atoms with Crippen LogP contribution < -0.4 is 37.9 Å². The second-order valence-electron chi connectivity index (χ2n) is 11.1. The van der Waals surface area contributed by atoms with Crippen LogP contribution in [0.2, 0.25) is 0 Å². The maximum absolute atomic E-state index is 13.2. The summed E-state index contributed by atoms with van der Waals surface area (Å²) < 4.78 is 56.8. The lowest BCUT2D eigenvalue weighted by atomic mass is 9.99. The molecule has 4 aliphatic rings. The van der Waals surface area contributed by atoms with Gasteiger partial charge in [0.15, 0.2) is 46.0 Å². The molecular formula is C30H18N4O12S5. The van der Waals surface area contributed by atoms with Crippen molar-refractivity contribution in [1.82, 2.24) is 8.75 Å². The molecule has 0 atom stereocenters. The van der Waals surface area contributed by atoms with Crippen molar-refractivity contribution in [2.24, 2.45) is 0 Å². The van der Waals surface area contributed by atoms with E-state index in [2.05, 4.69) is 8.75 Å². The third kappa shape index (κ3) is 4.58. The Hall–Kier alpha value is -4.96. The van der Waals surface area contributed by atoms with Crippen LogP contribution in [-0.4, -0.2) is 71.4 Å². The van der Waals surface area contributed by atoms with Crippen LogP contribution in [-0.2, 0) is 0 Å². The number of rotatable bonds is 6. The Morgan fingerprint density at radius 3 is 1.24 bits per heavy atom. The van der Waals surface area contributed by atoms with E-state index >= 15 is 0 Å². The summed E-state index contributed by atoms with van der Waals surface area (Å²) >= 11 is 5.78. The molecule has 9 heterocycles. The first kappa shape index (κ1) is 30.8. The zero-order valence-corrected chi connectivity index (χ0v) is 29.6. The summed E-state index contributed by atoms with van der Waals surface area (Å²) in [4.78, 5) is 27.9. The zero-order chi connectivity index (χ0) is 34.4. The predicted molar refractivity (Wildman–Crippen MR) is 188 cm³/mol. The van der Waals surface area contributed by atoms with Gasteiger partial charge in [-0.15, -0.1) is 45.3 Å². The van der Waals surface area contributed by atoms with Crippen LogP contribution in [0, 0.1) is 20.2 Å². The summed E-state index contributed by atoms with van der Waals surface area (Å²) in [6.45, 7) is 2.27. The van der Waals surface area contributed by atoms with Gasteiger partial charge in [-0.2, -0.15) is 8.75 Å². The molecule has 0 unspecified atom stereocenters. The quantitative estimate of drug-likeness (QED) is 0.119. The van der Waals surface area contributed by atoms with Gasteiger partial charge in [-0.25, -0.2) is 0 Å². The van der Waals surface area contributed by atoms with E-state index in [9.17, 15) is 20.2 Å². The first-order valence-corrected chi connectivity index (χ1v) is 19.3. The molecule has 0 saturated carbocycles. The molecule has 0 saturated heterocycles. The molecule has 260 valence electrons. The molecule has 0 spiro atoms. The molecule has 0 amide bonds. The SMILES string of the molecule is O=[N+]([O-])c1c([N+](=O)[O-])c(-c2sc(-c3scc4c3OCCO4)c3c2OCCO3)c2nsnc2c1-c1sc(-c2scc3c2OCCO3)c2c1OCCO2. The van der Waals surface area contributed by atoms with Gasteiger partial charge in [0, 0.05) is 10.8 Å². The van der Waals surface area contributed by atoms with Crippen LogP contribution in [0.5, 0.6) is 46.0 Å². The van der Waals surface area contributed by atoms with Gasteiger partial charge in [-0.05, 0) is 0 Å². The maximum Gasteiger partial charge on any atom is 0.357 e. The summed E-state index contributed by atoms with van der Waals surface area (Å²) in [5.41, 5.74) is -1.54. The number of nitrogens with zero attached hydrogens (tertiary/aromatic N) is 4. The molecule has 5 aromatic heterocycles. The highest BCUT2D eigenvalue weighted by Gasteiger charge is 2.45. The molecule has 1 aromatic carbocycles. The van der Waals surface area contributed by atoms with Crippen LogP contribution in [0.25, 0.3) is 51.4 Å². The van der Waals surface area contributed by atoms with E-state index in [1.807, 2.05) is 10.8 Å². The maximum atomic E-state index is 13.2. The molecule has 51 heavy (non-hydrogen) atoms. The van der Waals surface area contributed by atoms with Crippen molar-refractivity contribution in [3.05, 3.63) is 31.0 Å². The molecule has 4 aliphatic heterocycles. The number of thiophene rings is 4. The highest BCUT2D eigenvalue weighted by atomic mass is 32.1. The molecule has 0 aliphatic carbocycles. The van der Waals surface area contributed by atoms with Crippen molar-refractivity contribution in [2.75, 3.05) is 52.9 Å². The highest BCUT2D eigenvalue weighted by molar-refractivity contribution is 7.25. The second kappa shape index (κ2) is 11.8. The minimum atomic E-state index is -0.765. The standard InChI is InChI=1S/C30H18N4O12S5/c35-33(36)17-13(25-21-23(45-7-5-43-21)29(49-25)27-19-11(9-47-27)39-1-3-41-19)15-16(32-51-31-15)14(18(17)34(37)38)26-22-24(46-8-6-44-22)30(50-26)28-20-12(10-48-28)40-2-4-42-20/h9-10H,1-8H2. The minimum absolute atomic E-state index is 0.0931. The number of fused-ring (bicyclic) bond motifs is 5. The normalized spacial score (nSPS) is 15.6. The number of nitro groups is 2. The fourth-order valence-corrected chi connectivity index (χ4v) is 11.5. The van der Waals surface area contributed by atoms with Crippen molar-refractivity contribution in [3.8, 4) is 86.4 Å². The lowest BCUT2D eigenvalue weighted by Crippen LogP contribution is -2.15. The van der Waals surface area contributed by atoms with Crippen molar-refractivity contribution >= 4 is 79.5 Å². The topological polar surface area (TPSA) is 186 Å². The summed E-state index contributed by atoms with van der Waals surface area (Å²) in [6.07, 6.45) is 0. The minimum Gasteiger partial charge on any atom is -0.485 e. The molecule has 10 rings (SSSR count). The Balaban J connectivity index is 1.24. The van der Waals surface area contributed by atoms with Gasteiger partial charge in [0.05, 0.1) is 50.8 Å².